The van der Waals surface area contributed by atoms with Crippen molar-refractivity contribution >= 4 is 27.3 Å². The van der Waals surface area contributed by atoms with E-state index >= 15 is 0 Å². The predicted molar refractivity (Wildman–Crippen MR) is 75.8 cm³/mol. The summed E-state index contributed by atoms with van der Waals surface area (Å²) in [6.45, 7) is 10.5. The second-order valence-electron chi connectivity index (χ2n) is 4.86. The number of nitrogens with two attached hydrogens (primary N) is 1. The van der Waals surface area contributed by atoms with Crippen LogP contribution in [0.2, 0.25) is 0 Å². The van der Waals surface area contributed by atoms with E-state index in [-0.39, 0.29) is 5.41 Å². The molecule has 0 bridgehead atoms. The van der Waals surface area contributed by atoms with Crippen molar-refractivity contribution in [1.82, 2.24) is 4.90 Å². The molecule has 0 aromatic carbocycles. The predicted octanol–water partition coefficient (Wildman–Crippen LogP) is 3.32. The molecule has 2 N–H and O–H groups in total. The van der Waals surface area contributed by atoms with Gasteiger partial charge < -0.3 is 5.73 Å². The first-order valence-corrected chi connectivity index (χ1v) is 7.30. The van der Waals surface area contributed by atoms with E-state index in [2.05, 4.69) is 53.0 Å². The van der Waals surface area contributed by atoms with Crippen LogP contribution in [-0.2, 0) is 6.54 Å². The molecule has 0 aliphatic carbocycles. The molecule has 0 aliphatic heterocycles. The Morgan fingerprint density at radius 3 is 2.62 bits per heavy atom. The fourth-order valence-corrected chi connectivity index (χ4v) is 3.11. The molecule has 0 unspecified atom stereocenters. The lowest BCUT2D eigenvalue weighted by Crippen LogP contribution is -2.38. The Labute approximate surface area is 111 Å². The average molecular weight is 305 g/mol. The summed E-state index contributed by atoms with van der Waals surface area (Å²) in [5.41, 5.74) is 5.97. The van der Waals surface area contributed by atoms with Crippen LogP contribution in [0.4, 0.5) is 0 Å². The fraction of sp³-hybridized carbons (Fsp3) is 0.667. The molecule has 0 fully saturated rings. The molecule has 1 rings (SSSR count). The third-order valence-corrected chi connectivity index (χ3v) is 4.62. The molecule has 0 saturated heterocycles. The van der Waals surface area contributed by atoms with Gasteiger partial charge in [0.25, 0.3) is 0 Å². The highest BCUT2D eigenvalue weighted by atomic mass is 79.9. The van der Waals surface area contributed by atoms with Gasteiger partial charge >= 0.3 is 0 Å². The van der Waals surface area contributed by atoms with Crippen molar-refractivity contribution < 1.29 is 0 Å². The van der Waals surface area contributed by atoms with Gasteiger partial charge in [0.2, 0.25) is 0 Å². The van der Waals surface area contributed by atoms with Gasteiger partial charge in [0.1, 0.15) is 0 Å². The van der Waals surface area contributed by atoms with Crippen LogP contribution in [0.15, 0.2) is 15.9 Å². The van der Waals surface area contributed by atoms with Crippen molar-refractivity contribution in [3.05, 3.63) is 20.8 Å². The zero-order valence-corrected chi connectivity index (χ0v) is 12.7. The first-order chi connectivity index (χ1) is 7.48. The lowest BCUT2D eigenvalue weighted by molar-refractivity contribution is 0.184. The van der Waals surface area contributed by atoms with Gasteiger partial charge in [-0.1, -0.05) is 20.8 Å². The standard InChI is InChI=1S/C12H21BrN2S/c1-4-15(9-12(2,3)8-14)7-11-10(13)5-6-16-11/h5-6H,4,7-9,14H2,1-3H3. The molecule has 2 nitrogen and oxygen atoms in total. The van der Waals surface area contributed by atoms with E-state index < -0.39 is 0 Å². The summed E-state index contributed by atoms with van der Waals surface area (Å²) >= 11 is 5.39. The van der Waals surface area contributed by atoms with E-state index in [0.717, 1.165) is 26.2 Å². The summed E-state index contributed by atoms with van der Waals surface area (Å²) < 4.78 is 1.22. The molecule has 92 valence electrons. The Bertz CT molecular complexity index is 323. The van der Waals surface area contributed by atoms with Gasteiger partial charge in [-0.15, -0.1) is 11.3 Å². The SMILES string of the molecule is CCN(Cc1sccc1Br)CC(C)(C)CN. The van der Waals surface area contributed by atoms with Crippen molar-refractivity contribution in [2.75, 3.05) is 19.6 Å². The molecule has 0 amide bonds. The number of thiophene rings is 1. The van der Waals surface area contributed by atoms with Crippen LogP contribution in [0.3, 0.4) is 0 Å². The first-order valence-electron chi connectivity index (χ1n) is 5.63. The number of hydrogen-bond donors (Lipinski definition) is 1. The maximum absolute atomic E-state index is 5.78. The molecule has 1 aromatic rings. The van der Waals surface area contributed by atoms with Crippen LogP contribution in [0.5, 0.6) is 0 Å². The minimum Gasteiger partial charge on any atom is -0.330 e. The molecular weight excluding hydrogens is 284 g/mol. The highest BCUT2D eigenvalue weighted by Crippen LogP contribution is 2.25. The molecule has 1 aromatic heterocycles. The summed E-state index contributed by atoms with van der Waals surface area (Å²) in [6, 6.07) is 2.11. The van der Waals surface area contributed by atoms with E-state index in [0.29, 0.717) is 0 Å². The van der Waals surface area contributed by atoms with Gasteiger partial charge in [0, 0.05) is 22.4 Å². The molecule has 0 radical (unpaired) electrons. The fourth-order valence-electron chi connectivity index (χ4n) is 1.59. The Kier molecular flexibility index (Phi) is 5.44. The molecule has 0 atom stereocenters. The minimum atomic E-state index is 0.194. The normalized spacial score (nSPS) is 12.4. The second-order valence-corrected chi connectivity index (χ2v) is 6.72. The van der Waals surface area contributed by atoms with E-state index in [1.54, 1.807) is 0 Å². The monoisotopic (exact) mass is 304 g/mol. The Morgan fingerprint density at radius 1 is 1.50 bits per heavy atom. The minimum absolute atomic E-state index is 0.194. The third-order valence-electron chi connectivity index (χ3n) is 2.71. The topological polar surface area (TPSA) is 29.3 Å². The highest BCUT2D eigenvalue weighted by Gasteiger charge is 2.20. The van der Waals surface area contributed by atoms with Gasteiger partial charge in [-0.2, -0.15) is 0 Å². The molecule has 4 heteroatoms. The second kappa shape index (κ2) is 6.15. The average Bonchev–Trinajstić information content (AvgIpc) is 2.63. The zero-order valence-electron chi connectivity index (χ0n) is 10.3. The van der Waals surface area contributed by atoms with Gasteiger partial charge in [-0.05, 0) is 45.9 Å². The van der Waals surface area contributed by atoms with Crippen LogP contribution in [-0.4, -0.2) is 24.5 Å². The molecule has 16 heavy (non-hydrogen) atoms. The zero-order chi connectivity index (χ0) is 12.2. The Balaban J connectivity index is 2.59. The van der Waals surface area contributed by atoms with Gasteiger partial charge in [0.05, 0.1) is 0 Å². The number of nitrogens with zero attached hydrogens (tertiary/aromatic N) is 1. The number of rotatable bonds is 6. The molecule has 0 spiro atoms. The Morgan fingerprint density at radius 2 is 2.19 bits per heavy atom. The summed E-state index contributed by atoms with van der Waals surface area (Å²) in [5, 5.41) is 2.13. The van der Waals surface area contributed by atoms with Crippen LogP contribution < -0.4 is 5.73 Å². The van der Waals surface area contributed by atoms with E-state index in [1.807, 2.05) is 11.3 Å². The van der Waals surface area contributed by atoms with Crippen molar-refractivity contribution in [3.8, 4) is 0 Å². The number of hydrogen-bond acceptors (Lipinski definition) is 3. The quantitative estimate of drug-likeness (QED) is 0.873. The molecular formula is C12H21BrN2S. The molecule has 0 aliphatic rings. The van der Waals surface area contributed by atoms with Crippen LogP contribution in [0.1, 0.15) is 25.6 Å². The van der Waals surface area contributed by atoms with Crippen molar-refractivity contribution in [3.63, 3.8) is 0 Å². The van der Waals surface area contributed by atoms with Crippen molar-refractivity contribution in [2.24, 2.45) is 11.1 Å². The molecule has 1 heterocycles. The van der Waals surface area contributed by atoms with Crippen LogP contribution in [0.25, 0.3) is 0 Å². The smallest absolute Gasteiger partial charge is 0.0339 e. The van der Waals surface area contributed by atoms with Crippen LogP contribution in [0, 0.1) is 5.41 Å². The van der Waals surface area contributed by atoms with E-state index in [9.17, 15) is 0 Å². The van der Waals surface area contributed by atoms with Crippen LogP contribution >= 0.6 is 27.3 Å². The Hall–Kier alpha value is 0.1000. The maximum atomic E-state index is 5.78. The van der Waals surface area contributed by atoms with Gasteiger partial charge in [-0.25, -0.2) is 0 Å². The van der Waals surface area contributed by atoms with Crippen molar-refractivity contribution in [2.45, 2.75) is 27.3 Å². The van der Waals surface area contributed by atoms with Gasteiger partial charge in [-0.3, -0.25) is 4.90 Å². The largest absolute Gasteiger partial charge is 0.330 e. The number of halogens is 1. The van der Waals surface area contributed by atoms with E-state index in [1.165, 1.54) is 9.35 Å². The third kappa shape index (κ3) is 4.17. The molecule has 0 saturated carbocycles. The summed E-state index contributed by atoms with van der Waals surface area (Å²) in [7, 11) is 0. The van der Waals surface area contributed by atoms with Crippen molar-refractivity contribution in [1.29, 1.82) is 0 Å². The lowest BCUT2D eigenvalue weighted by Gasteiger charge is -2.30. The summed E-state index contributed by atoms with van der Waals surface area (Å²) in [4.78, 5) is 3.85. The highest BCUT2D eigenvalue weighted by molar-refractivity contribution is 9.10. The maximum Gasteiger partial charge on any atom is 0.0339 e. The van der Waals surface area contributed by atoms with Gasteiger partial charge in [0.15, 0.2) is 0 Å². The van der Waals surface area contributed by atoms with E-state index in [4.69, 9.17) is 5.73 Å². The summed E-state index contributed by atoms with van der Waals surface area (Å²) in [5.74, 6) is 0. The first kappa shape index (κ1) is 14.2. The summed E-state index contributed by atoms with van der Waals surface area (Å²) in [6.07, 6.45) is 0. The lowest BCUT2D eigenvalue weighted by atomic mass is 9.93.